The average molecular weight is 247 g/mol. The van der Waals surface area contributed by atoms with E-state index < -0.39 is 12.0 Å². The van der Waals surface area contributed by atoms with Crippen LogP contribution < -0.4 is 5.32 Å². The lowest BCUT2D eigenvalue weighted by molar-refractivity contribution is -0.137. The number of aliphatic carboxylic acids is 1. The summed E-state index contributed by atoms with van der Waals surface area (Å²) in [6, 6.07) is 6.34. The minimum absolute atomic E-state index is 0.386. The highest BCUT2D eigenvalue weighted by Crippen LogP contribution is 2.16. The molecule has 1 rings (SSSR count). The number of likely N-dealkylation sites (N-methyl/N-ethyl adjacent to an activating group) is 1. The summed E-state index contributed by atoms with van der Waals surface area (Å²) < 4.78 is 0. The third kappa shape index (κ3) is 3.49. The molecule has 94 valence electrons. The van der Waals surface area contributed by atoms with Crippen molar-refractivity contribution in [1.29, 1.82) is 5.26 Å². The molecular weight excluding hydrogens is 234 g/mol. The van der Waals surface area contributed by atoms with Crippen LogP contribution in [-0.2, 0) is 4.79 Å². The Kier molecular flexibility index (Phi) is 4.27. The SMILES string of the molecule is Cc1ccc(C#N)cc1NC(=O)N(C)CC(=O)O. The zero-order valence-corrected chi connectivity index (χ0v) is 10.1. The van der Waals surface area contributed by atoms with Crippen LogP contribution in [0, 0.1) is 18.3 Å². The zero-order chi connectivity index (χ0) is 13.7. The van der Waals surface area contributed by atoms with E-state index in [9.17, 15) is 9.59 Å². The van der Waals surface area contributed by atoms with Crippen LogP contribution in [0.2, 0.25) is 0 Å². The highest BCUT2D eigenvalue weighted by Gasteiger charge is 2.13. The van der Waals surface area contributed by atoms with Gasteiger partial charge in [0, 0.05) is 12.7 Å². The van der Waals surface area contributed by atoms with Crippen molar-refractivity contribution in [2.45, 2.75) is 6.92 Å². The van der Waals surface area contributed by atoms with Crippen LogP contribution in [0.5, 0.6) is 0 Å². The van der Waals surface area contributed by atoms with Gasteiger partial charge >= 0.3 is 12.0 Å². The van der Waals surface area contributed by atoms with E-state index in [1.54, 1.807) is 25.1 Å². The molecule has 18 heavy (non-hydrogen) atoms. The number of carboxylic acid groups (broad SMARTS) is 1. The second-order valence-corrected chi connectivity index (χ2v) is 3.82. The smallest absolute Gasteiger partial charge is 0.323 e. The molecule has 0 spiro atoms. The van der Waals surface area contributed by atoms with Gasteiger partial charge in [0.05, 0.1) is 11.6 Å². The summed E-state index contributed by atoms with van der Waals surface area (Å²) in [7, 11) is 1.38. The molecule has 0 radical (unpaired) electrons. The number of rotatable bonds is 3. The number of carboxylic acids is 1. The van der Waals surface area contributed by atoms with Crippen LogP contribution in [0.25, 0.3) is 0 Å². The Morgan fingerprint density at radius 2 is 2.17 bits per heavy atom. The highest BCUT2D eigenvalue weighted by molar-refractivity contribution is 5.92. The summed E-state index contributed by atoms with van der Waals surface area (Å²) in [5.74, 6) is -1.09. The molecule has 2 N–H and O–H groups in total. The number of nitrogens with one attached hydrogen (secondary N) is 1. The maximum Gasteiger partial charge on any atom is 0.323 e. The largest absolute Gasteiger partial charge is 0.480 e. The highest BCUT2D eigenvalue weighted by atomic mass is 16.4. The maximum absolute atomic E-state index is 11.7. The summed E-state index contributed by atoms with van der Waals surface area (Å²) >= 11 is 0. The van der Waals surface area contributed by atoms with E-state index in [-0.39, 0.29) is 6.54 Å². The predicted octanol–water partition coefficient (Wildman–Crippen LogP) is 1.41. The summed E-state index contributed by atoms with van der Waals surface area (Å²) in [4.78, 5) is 23.2. The van der Waals surface area contributed by atoms with Gasteiger partial charge in [0.15, 0.2) is 0 Å². The van der Waals surface area contributed by atoms with E-state index in [2.05, 4.69) is 5.32 Å². The predicted molar refractivity (Wildman–Crippen MR) is 65.2 cm³/mol. The molecule has 0 aromatic heterocycles. The van der Waals surface area contributed by atoms with Crippen molar-refractivity contribution in [3.8, 4) is 6.07 Å². The number of aryl methyl sites for hydroxylation is 1. The number of carbonyl (C=O) groups excluding carboxylic acids is 1. The minimum Gasteiger partial charge on any atom is -0.480 e. The van der Waals surface area contributed by atoms with E-state index in [1.807, 2.05) is 6.07 Å². The molecule has 1 aromatic carbocycles. The molecule has 0 aliphatic rings. The third-order valence-electron chi connectivity index (χ3n) is 2.33. The molecule has 0 atom stereocenters. The van der Waals surface area contributed by atoms with Gasteiger partial charge < -0.3 is 15.3 Å². The first-order chi connectivity index (χ1) is 8.43. The number of hydrogen-bond acceptors (Lipinski definition) is 3. The fraction of sp³-hybridized carbons (Fsp3) is 0.250. The first-order valence-corrected chi connectivity index (χ1v) is 5.18. The molecule has 0 saturated carbocycles. The van der Waals surface area contributed by atoms with E-state index >= 15 is 0 Å². The Morgan fingerprint density at radius 1 is 1.50 bits per heavy atom. The van der Waals surface area contributed by atoms with Crippen LogP contribution in [0.1, 0.15) is 11.1 Å². The van der Waals surface area contributed by atoms with Gasteiger partial charge in [-0.2, -0.15) is 5.26 Å². The Hall–Kier alpha value is -2.55. The van der Waals surface area contributed by atoms with Crippen LogP contribution in [-0.4, -0.2) is 35.6 Å². The van der Waals surface area contributed by atoms with Gasteiger partial charge in [-0.15, -0.1) is 0 Å². The van der Waals surface area contributed by atoms with Crippen molar-refractivity contribution in [3.63, 3.8) is 0 Å². The summed E-state index contributed by atoms with van der Waals surface area (Å²) in [5.41, 5.74) is 1.72. The van der Waals surface area contributed by atoms with Crippen molar-refractivity contribution >= 4 is 17.7 Å². The number of nitriles is 1. The van der Waals surface area contributed by atoms with Gasteiger partial charge in [0.25, 0.3) is 0 Å². The maximum atomic E-state index is 11.7. The molecule has 6 nitrogen and oxygen atoms in total. The second-order valence-electron chi connectivity index (χ2n) is 3.82. The molecule has 0 unspecified atom stereocenters. The topological polar surface area (TPSA) is 93.4 Å². The van der Waals surface area contributed by atoms with E-state index in [1.165, 1.54) is 7.05 Å². The van der Waals surface area contributed by atoms with Gasteiger partial charge in [0.2, 0.25) is 0 Å². The fourth-order valence-electron chi connectivity index (χ4n) is 1.31. The first kappa shape index (κ1) is 13.5. The van der Waals surface area contributed by atoms with Gasteiger partial charge in [-0.1, -0.05) is 6.07 Å². The number of carbonyl (C=O) groups is 2. The number of anilines is 1. The van der Waals surface area contributed by atoms with E-state index in [0.717, 1.165) is 10.5 Å². The number of urea groups is 1. The minimum atomic E-state index is -1.09. The molecule has 0 bridgehead atoms. The quantitative estimate of drug-likeness (QED) is 0.844. The van der Waals surface area contributed by atoms with Gasteiger partial charge in [-0.05, 0) is 24.6 Å². The molecule has 2 amide bonds. The molecular formula is C12H13N3O3. The Labute approximate surface area is 104 Å². The van der Waals surface area contributed by atoms with Crippen LogP contribution in [0.3, 0.4) is 0 Å². The lowest BCUT2D eigenvalue weighted by atomic mass is 10.1. The summed E-state index contributed by atoms with van der Waals surface area (Å²) in [6.45, 7) is 1.40. The van der Waals surface area contributed by atoms with Crippen molar-refractivity contribution in [2.24, 2.45) is 0 Å². The molecule has 0 aliphatic heterocycles. The van der Waals surface area contributed by atoms with Crippen LogP contribution in [0.15, 0.2) is 18.2 Å². The molecule has 6 heteroatoms. The van der Waals surface area contributed by atoms with Crippen LogP contribution in [0.4, 0.5) is 10.5 Å². The standard InChI is InChI=1S/C12H13N3O3/c1-8-3-4-9(6-13)5-10(8)14-12(18)15(2)7-11(16)17/h3-5H,7H2,1-2H3,(H,14,18)(H,16,17). The Bertz CT molecular complexity index is 520. The number of benzene rings is 1. The van der Waals surface area contributed by atoms with Crippen molar-refractivity contribution in [2.75, 3.05) is 18.9 Å². The third-order valence-corrected chi connectivity index (χ3v) is 2.33. The number of amides is 2. The molecule has 0 fully saturated rings. The van der Waals surface area contributed by atoms with E-state index in [0.29, 0.717) is 11.3 Å². The Morgan fingerprint density at radius 3 is 2.72 bits per heavy atom. The molecule has 0 aliphatic carbocycles. The lowest BCUT2D eigenvalue weighted by Gasteiger charge is -2.16. The molecule has 1 aromatic rings. The van der Waals surface area contributed by atoms with Gasteiger partial charge in [-0.3, -0.25) is 4.79 Å². The average Bonchev–Trinajstić information content (AvgIpc) is 2.31. The van der Waals surface area contributed by atoms with Crippen LogP contribution >= 0.6 is 0 Å². The van der Waals surface area contributed by atoms with Gasteiger partial charge in [0.1, 0.15) is 6.54 Å². The summed E-state index contributed by atoms with van der Waals surface area (Å²) in [5, 5.41) is 19.9. The van der Waals surface area contributed by atoms with Crippen molar-refractivity contribution < 1.29 is 14.7 Å². The monoisotopic (exact) mass is 247 g/mol. The van der Waals surface area contributed by atoms with E-state index in [4.69, 9.17) is 10.4 Å². The van der Waals surface area contributed by atoms with Gasteiger partial charge in [-0.25, -0.2) is 4.79 Å². The fourth-order valence-corrected chi connectivity index (χ4v) is 1.31. The normalized spacial score (nSPS) is 9.39. The van der Waals surface area contributed by atoms with Crippen molar-refractivity contribution in [3.05, 3.63) is 29.3 Å². The molecule has 0 saturated heterocycles. The zero-order valence-electron chi connectivity index (χ0n) is 10.1. The lowest BCUT2D eigenvalue weighted by Crippen LogP contribution is -2.35. The summed E-state index contributed by atoms with van der Waals surface area (Å²) in [6.07, 6.45) is 0. The number of nitrogens with zero attached hydrogens (tertiary/aromatic N) is 2. The number of hydrogen-bond donors (Lipinski definition) is 2. The molecule has 0 heterocycles. The Balaban J connectivity index is 2.81. The van der Waals surface area contributed by atoms with Crippen molar-refractivity contribution in [1.82, 2.24) is 4.90 Å². The second kappa shape index (κ2) is 5.68. The first-order valence-electron chi connectivity index (χ1n) is 5.18.